The summed E-state index contributed by atoms with van der Waals surface area (Å²) >= 11 is 1.59. The van der Waals surface area contributed by atoms with Crippen molar-refractivity contribution in [3.63, 3.8) is 0 Å². The first-order chi connectivity index (χ1) is 14.8. The van der Waals surface area contributed by atoms with Gasteiger partial charge in [-0.15, -0.1) is 0 Å². The van der Waals surface area contributed by atoms with Gasteiger partial charge in [0.05, 0.1) is 12.2 Å². The van der Waals surface area contributed by atoms with E-state index in [2.05, 4.69) is 4.98 Å². The number of rotatable bonds is 8. The molecule has 7 heteroatoms. The van der Waals surface area contributed by atoms with E-state index in [0.29, 0.717) is 25.9 Å². The van der Waals surface area contributed by atoms with Crippen LogP contribution in [-0.2, 0) is 23.0 Å². The molecule has 1 fully saturated rings. The number of morpholine rings is 1. The topological polar surface area (TPSA) is 64.4 Å². The van der Waals surface area contributed by atoms with Crippen molar-refractivity contribution in [3.8, 4) is 0 Å². The minimum atomic E-state index is 0.0181. The Hall–Kier alpha value is -2.12. The molecule has 0 N–H and O–H groups in total. The molecular weight excluding hydrogens is 410 g/mol. The summed E-state index contributed by atoms with van der Waals surface area (Å²) in [7, 11) is 1.79. The summed E-state index contributed by atoms with van der Waals surface area (Å²) in [6, 6.07) is 10.00. The normalized spacial score (nSPS) is 18.9. The van der Waals surface area contributed by atoms with Gasteiger partial charge in [-0.3, -0.25) is 14.2 Å². The number of amides is 1. The van der Waals surface area contributed by atoms with E-state index < -0.39 is 0 Å². The van der Waals surface area contributed by atoms with Crippen LogP contribution in [0.5, 0.6) is 0 Å². The van der Waals surface area contributed by atoms with E-state index in [0.717, 1.165) is 40.6 Å². The maximum atomic E-state index is 12.9. The zero-order chi connectivity index (χ0) is 22.4. The number of carbonyl (C=O) groups is 1. The van der Waals surface area contributed by atoms with Crippen molar-refractivity contribution in [3.05, 3.63) is 57.5 Å². The van der Waals surface area contributed by atoms with E-state index in [4.69, 9.17) is 4.74 Å². The zero-order valence-electron chi connectivity index (χ0n) is 19.0. The average molecular weight is 444 g/mol. The van der Waals surface area contributed by atoms with Crippen LogP contribution >= 0.6 is 11.8 Å². The molecule has 1 amide bonds. The number of hydrogen-bond donors (Lipinski definition) is 0. The van der Waals surface area contributed by atoms with E-state index in [1.807, 2.05) is 56.0 Å². The Morgan fingerprint density at radius 1 is 1.16 bits per heavy atom. The standard InChI is InChI=1S/C24H33N3O3S/c1-17-15-27(16-18(2)30-17)22(28)12-8-9-13-31-24-25-19(3)21(23(29)26(24)4)14-20-10-6-5-7-11-20/h5-7,10-11,17-18H,8-9,12-16H2,1-4H3. The number of ether oxygens (including phenoxy) is 1. The van der Waals surface area contributed by atoms with Crippen molar-refractivity contribution in [2.75, 3.05) is 18.8 Å². The van der Waals surface area contributed by atoms with Crippen LogP contribution in [-0.4, -0.2) is 51.4 Å². The number of carbonyl (C=O) groups excluding carboxylic acids is 1. The van der Waals surface area contributed by atoms with Gasteiger partial charge in [0, 0.05) is 50.0 Å². The first-order valence-corrected chi connectivity index (χ1v) is 12.0. The van der Waals surface area contributed by atoms with Crippen LogP contribution in [0.4, 0.5) is 0 Å². The Kier molecular flexibility index (Phi) is 8.32. The lowest BCUT2D eigenvalue weighted by molar-refractivity contribution is -0.143. The van der Waals surface area contributed by atoms with Crippen LogP contribution in [0.1, 0.15) is 49.9 Å². The Balaban J connectivity index is 1.49. The van der Waals surface area contributed by atoms with Crippen LogP contribution in [0.25, 0.3) is 0 Å². The van der Waals surface area contributed by atoms with Crippen LogP contribution < -0.4 is 5.56 Å². The summed E-state index contributed by atoms with van der Waals surface area (Å²) in [5.74, 6) is 1.04. The second-order valence-corrected chi connectivity index (χ2v) is 9.41. The van der Waals surface area contributed by atoms with Crippen molar-refractivity contribution >= 4 is 17.7 Å². The maximum Gasteiger partial charge on any atom is 0.257 e. The summed E-state index contributed by atoms with van der Waals surface area (Å²) < 4.78 is 7.35. The summed E-state index contributed by atoms with van der Waals surface area (Å²) in [6.07, 6.45) is 3.10. The van der Waals surface area contributed by atoms with Gasteiger partial charge in [-0.1, -0.05) is 42.1 Å². The highest BCUT2D eigenvalue weighted by Crippen LogP contribution is 2.19. The summed E-state index contributed by atoms with van der Waals surface area (Å²) in [5.41, 5.74) is 2.67. The number of benzene rings is 1. The molecule has 2 aromatic rings. The molecule has 0 saturated carbocycles. The van der Waals surface area contributed by atoms with Crippen LogP contribution in [0.15, 0.2) is 40.3 Å². The van der Waals surface area contributed by atoms with Crippen molar-refractivity contribution in [2.24, 2.45) is 7.05 Å². The van der Waals surface area contributed by atoms with Crippen LogP contribution in [0.2, 0.25) is 0 Å². The van der Waals surface area contributed by atoms with Crippen molar-refractivity contribution in [1.29, 1.82) is 0 Å². The van der Waals surface area contributed by atoms with Crippen molar-refractivity contribution in [2.45, 2.75) is 63.8 Å². The van der Waals surface area contributed by atoms with Gasteiger partial charge in [0.15, 0.2) is 5.16 Å². The molecule has 1 aromatic carbocycles. The van der Waals surface area contributed by atoms with Gasteiger partial charge in [-0.25, -0.2) is 4.98 Å². The quantitative estimate of drug-likeness (QED) is 0.354. The molecule has 0 radical (unpaired) electrons. The monoisotopic (exact) mass is 443 g/mol. The zero-order valence-corrected chi connectivity index (χ0v) is 19.8. The molecule has 2 atom stereocenters. The van der Waals surface area contributed by atoms with Gasteiger partial charge in [-0.2, -0.15) is 0 Å². The molecule has 6 nitrogen and oxygen atoms in total. The number of aryl methyl sites for hydroxylation is 1. The fourth-order valence-electron chi connectivity index (χ4n) is 3.94. The molecule has 1 aromatic heterocycles. The number of aromatic nitrogens is 2. The van der Waals surface area contributed by atoms with Gasteiger partial charge in [0.1, 0.15) is 0 Å². The Labute approximate surface area is 189 Å². The smallest absolute Gasteiger partial charge is 0.257 e. The molecule has 0 spiro atoms. The highest BCUT2D eigenvalue weighted by atomic mass is 32.2. The molecule has 0 aliphatic carbocycles. The van der Waals surface area contributed by atoms with Gasteiger partial charge >= 0.3 is 0 Å². The molecular formula is C24H33N3O3S. The molecule has 1 aliphatic heterocycles. The van der Waals surface area contributed by atoms with Gasteiger partial charge in [0.2, 0.25) is 5.91 Å². The van der Waals surface area contributed by atoms with Gasteiger partial charge in [-0.05, 0) is 39.2 Å². The average Bonchev–Trinajstić information content (AvgIpc) is 2.74. The lowest BCUT2D eigenvalue weighted by Crippen LogP contribution is -2.48. The predicted molar refractivity (Wildman–Crippen MR) is 125 cm³/mol. The summed E-state index contributed by atoms with van der Waals surface area (Å²) in [5, 5.41) is 0.737. The van der Waals surface area contributed by atoms with E-state index in [1.54, 1.807) is 23.4 Å². The molecule has 0 bridgehead atoms. The van der Waals surface area contributed by atoms with E-state index in [-0.39, 0.29) is 23.7 Å². The van der Waals surface area contributed by atoms with Gasteiger partial charge in [0.25, 0.3) is 5.56 Å². The Morgan fingerprint density at radius 2 is 1.84 bits per heavy atom. The number of thioether (sulfide) groups is 1. The minimum Gasteiger partial charge on any atom is -0.372 e. The molecule has 2 heterocycles. The molecule has 31 heavy (non-hydrogen) atoms. The molecule has 1 aliphatic rings. The minimum absolute atomic E-state index is 0.0181. The molecule has 3 rings (SSSR count). The molecule has 2 unspecified atom stereocenters. The SMILES string of the molecule is Cc1nc(SCCCCC(=O)N2CC(C)OC(C)C2)n(C)c(=O)c1Cc1ccccc1. The first-order valence-electron chi connectivity index (χ1n) is 11.0. The van der Waals surface area contributed by atoms with E-state index in [1.165, 1.54) is 0 Å². The van der Waals surface area contributed by atoms with E-state index >= 15 is 0 Å². The molecule has 168 valence electrons. The first kappa shape index (κ1) is 23.5. The third-order valence-electron chi connectivity index (χ3n) is 5.56. The maximum absolute atomic E-state index is 12.9. The number of unbranched alkanes of at least 4 members (excludes halogenated alkanes) is 1. The second kappa shape index (κ2) is 11.0. The Bertz CT molecular complexity index is 935. The predicted octanol–water partition coefficient (Wildman–Crippen LogP) is 3.58. The third-order valence-corrected chi connectivity index (χ3v) is 6.68. The lowest BCUT2D eigenvalue weighted by atomic mass is 10.1. The van der Waals surface area contributed by atoms with Crippen molar-refractivity contribution < 1.29 is 9.53 Å². The Morgan fingerprint density at radius 3 is 2.52 bits per heavy atom. The molecule has 1 saturated heterocycles. The van der Waals surface area contributed by atoms with E-state index in [9.17, 15) is 9.59 Å². The summed E-state index contributed by atoms with van der Waals surface area (Å²) in [6.45, 7) is 7.29. The highest BCUT2D eigenvalue weighted by Gasteiger charge is 2.25. The lowest BCUT2D eigenvalue weighted by Gasteiger charge is -2.35. The van der Waals surface area contributed by atoms with Crippen LogP contribution in [0.3, 0.4) is 0 Å². The second-order valence-electron chi connectivity index (χ2n) is 8.35. The third kappa shape index (κ3) is 6.43. The fourth-order valence-corrected chi connectivity index (χ4v) is 4.95. The highest BCUT2D eigenvalue weighted by molar-refractivity contribution is 7.99. The van der Waals surface area contributed by atoms with Crippen LogP contribution in [0, 0.1) is 6.92 Å². The van der Waals surface area contributed by atoms with Crippen molar-refractivity contribution in [1.82, 2.24) is 14.5 Å². The fraction of sp³-hybridized carbons (Fsp3) is 0.542. The number of nitrogens with zero attached hydrogens (tertiary/aromatic N) is 3. The number of hydrogen-bond acceptors (Lipinski definition) is 5. The summed E-state index contributed by atoms with van der Waals surface area (Å²) in [4.78, 5) is 31.9. The largest absolute Gasteiger partial charge is 0.372 e. The van der Waals surface area contributed by atoms with Gasteiger partial charge < -0.3 is 9.64 Å².